The Hall–Kier alpha value is -0.340. The molecule has 0 bridgehead atoms. The van der Waals surface area contributed by atoms with E-state index < -0.39 is 0 Å². The molecule has 2 heteroatoms. The SMILES string of the molecule is CC(Cc1ccsc1)NC(C)C1CCCC1. The van der Waals surface area contributed by atoms with Gasteiger partial charge >= 0.3 is 0 Å². The van der Waals surface area contributed by atoms with Gasteiger partial charge in [-0.05, 0) is 61.4 Å². The van der Waals surface area contributed by atoms with Crippen LogP contribution in [0.2, 0.25) is 0 Å². The number of nitrogens with one attached hydrogen (secondary N) is 1. The van der Waals surface area contributed by atoms with E-state index in [0.29, 0.717) is 12.1 Å². The summed E-state index contributed by atoms with van der Waals surface area (Å²) in [7, 11) is 0. The lowest BCUT2D eigenvalue weighted by Crippen LogP contribution is -2.39. The zero-order chi connectivity index (χ0) is 11.4. The second kappa shape index (κ2) is 5.83. The number of thiophene rings is 1. The third kappa shape index (κ3) is 3.33. The lowest BCUT2D eigenvalue weighted by molar-refractivity contribution is 0.348. The summed E-state index contributed by atoms with van der Waals surface area (Å²) in [5.74, 6) is 0.921. The van der Waals surface area contributed by atoms with E-state index in [0.717, 1.165) is 5.92 Å². The van der Waals surface area contributed by atoms with E-state index in [1.807, 2.05) is 0 Å². The zero-order valence-corrected chi connectivity index (χ0v) is 11.2. The summed E-state index contributed by atoms with van der Waals surface area (Å²) in [4.78, 5) is 0. The Morgan fingerprint density at radius 2 is 2.12 bits per heavy atom. The molecule has 1 nitrogen and oxygen atoms in total. The van der Waals surface area contributed by atoms with Crippen LogP contribution in [0.4, 0.5) is 0 Å². The third-order valence-corrected chi connectivity index (χ3v) is 4.51. The largest absolute Gasteiger partial charge is 0.311 e. The fraction of sp³-hybridized carbons (Fsp3) is 0.714. The van der Waals surface area contributed by atoms with Crippen LogP contribution in [0, 0.1) is 5.92 Å². The van der Waals surface area contributed by atoms with Gasteiger partial charge < -0.3 is 5.32 Å². The van der Waals surface area contributed by atoms with Gasteiger partial charge in [0.1, 0.15) is 0 Å². The summed E-state index contributed by atoms with van der Waals surface area (Å²) in [6.07, 6.45) is 6.91. The van der Waals surface area contributed by atoms with Crippen LogP contribution in [-0.2, 0) is 6.42 Å². The van der Waals surface area contributed by atoms with Crippen molar-refractivity contribution < 1.29 is 0 Å². The van der Waals surface area contributed by atoms with E-state index >= 15 is 0 Å². The highest BCUT2D eigenvalue weighted by Gasteiger charge is 2.22. The Balaban J connectivity index is 1.75. The van der Waals surface area contributed by atoms with Crippen LogP contribution in [0.5, 0.6) is 0 Å². The van der Waals surface area contributed by atoms with Crippen molar-refractivity contribution in [3.63, 3.8) is 0 Å². The summed E-state index contributed by atoms with van der Waals surface area (Å²) < 4.78 is 0. The molecule has 1 aromatic heterocycles. The molecular formula is C14H23NS. The van der Waals surface area contributed by atoms with Gasteiger partial charge in [-0.1, -0.05) is 12.8 Å². The molecule has 0 amide bonds. The second-order valence-corrected chi connectivity index (χ2v) is 6.02. The summed E-state index contributed by atoms with van der Waals surface area (Å²) >= 11 is 1.80. The van der Waals surface area contributed by atoms with Gasteiger partial charge in [0.05, 0.1) is 0 Å². The van der Waals surface area contributed by atoms with Crippen molar-refractivity contribution in [1.29, 1.82) is 0 Å². The molecule has 1 aromatic rings. The van der Waals surface area contributed by atoms with E-state index in [2.05, 4.69) is 36.0 Å². The molecule has 2 rings (SSSR count). The van der Waals surface area contributed by atoms with Crippen LogP contribution in [-0.4, -0.2) is 12.1 Å². The van der Waals surface area contributed by atoms with E-state index in [1.165, 1.54) is 37.7 Å². The molecule has 1 saturated carbocycles. The van der Waals surface area contributed by atoms with Crippen LogP contribution >= 0.6 is 11.3 Å². The number of hydrogen-bond acceptors (Lipinski definition) is 2. The highest BCUT2D eigenvalue weighted by molar-refractivity contribution is 7.07. The van der Waals surface area contributed by atoms with Gasteiger partial charge in [-0.3, -0.25) is 0 Å². The van der Waals surface area contributed by atoms with Gasteiger partial charge in [0.25, 0.3) is 0 Å². The molecule has 1 N–H and O–H groups in total. The summed E-state index contributed by atoms with van der Waals surface area (Å²) in [6.45, 7) is 4.67. The second-order valence-electron chi connectivity index (χ2n) is 5.24. The minimum absolute atomic E-state index is 0.602. The fourth-order valence-electron chi connectivity index (χ4n) is 2.86. The predicted molar refractivity (Wildman–Crippen MR) is 72.0 cm³/mol. The van der Waals surface area contributed by atoms with Crippen LogP contribution in [0.3, 0.4) is 0 Å². The molecule has 16 heavy (non-hydrogen) atoms. The van der Waals surface area contributed by atoms with Gasteiger partial charge in [-0.25, -0.2) is 0 Å². The molecule has 1 aliphatic rings. The van der Waals surface area contributed by atoms with Crippen molar-refractivity contribution in [2.45, 2.75) is 58.0 Å². The van der Waals surface area contributed by atoms with Crippen LogP contribution in [0.25, 0.3) is 0 Å². The number of hydrogen-bond donors (Lipinski definition) is 1. The molecule has 2 unspecified atom stereocenters. The predicted octanol–water partition coefficient (Wildman–Crippen LogP) is 3.85. The molecule has 1 heterocycles. The Morgan fingerprint density at radius 3 is 2.75 bits per heavy atom. The van der Waals surface area contributed by atoms with Crippen molar-refractivity contribution in [3.05, 3.63) is 22.4 Å². The highest BCUT2D eigenvalue weighted by atomic mass is 32.1. The minimum atomic E-state index is 0.602. The molecule has 0 radical (unpaired) electrons. The maximum absolute atomic E-state index is 3.76. The van der Waals surface area contributed by atoms with Crippen LogP contribution in [0.1, 0.15) is 45.1 Å². The van der Waals surface area contributed by atoms with Crippen molar-refractivity contribution in [1.82, 2.24) is 5.32 Å². The van der Waals surface area contributed by atoms with E-state index in [1.54, 1.807) is 11.3 Å². The summed E-state index contributed by atoms with van der Waals surface area (Å²) in [5, 5.41) is 8.20. The molecule has 2 atom stereocenters. The first-order valence-corrected chi connectivity index (χ1v) is 7.47. The molecule has 90 valence electrons. The maximum atomic E-state index is 3.76. The number of rotatable bonds is 5. The molecule has 1 aliphatic carbocycles. The molecule has 1 fully saturated rings. The molecule has 0 aromatic carbocycles. The van der Waals surface area contributed by atoms with Crippen molar-refractivity contribution in [2.75, 3.05) is 0 Å². The standard InChI is InChI=1S/C14H23NS/c1-11(9-13-7-8-16-10-13)15-12(2)14-5-3-4-6-14/h7-8,10-12,14-15H,3-6,9H2,1-2H3. The molecular weight excluding hydrogens is 214 g/mol. The first-order chi connectivity index (χ1) is 7.75. The molecule has 0 saturated heterocycles. The molecule has 0 aliphatic heterocycles. The average molecular weight is 237 g/mol. The summed E-state index contributed by atoms with van der Waals surface area (Å²) in [5.41, 5.74) is 1.48. The van der Waals surface area contributed by atoms with E-state index in [9.17, 15) is 0 Å². The first-order valence-electron chi connectivity index (χ1n) is 6.53. The third-order valence-electron chi connectivity index (χ3n) is 3.78. The fourth-order valence-corrected chi connectivity index (χ4v) is 3.55. The minimum Gasteiger partial charge on any atom is -0.311 e. The maximum Gasteiger partial charge on any atom is 0.00820 e. The monoisotopic (exact) mass is 237 g/mol. The zero-order valence-electron chi connectivity index (χ0n) is 10.4. The van der Waals surface area contributed by atoms with Gasteiger partial charge in [-0.15, -0.1) is 0 Å². The Labute approximate surface area is 103 Å². The topological polar surface area (TPSA) is 12.0 Å². The van der Waals surface area contributed by atoms with Crippen molar-refractivity contribution in [2.24, 2.45) is 5.92 Å². The lowest BCUT2D eigenvalue weighted by Gasteiger charge is -2.24. The highest BCUT2D eigenvalue weighted by Crippen LogP contribution is 2.27. The van der Waals surface area contributed by atoms with Gasteiger partial charge in [0, 0.05) is 12.1 Å². The summed E-state index contributed by atoms with van der Waals surface area (Å²) in [6, 6.07) is 3.53. The van der Waals surface area contributed by atoms with Gasteiger partial charge in [0.2, 0.25) is 0 Å². The first kappa shape index (κ1) is 12.1. The normalized spacial score (nSPS) is 21.1. The van der Waals surface area contributed by atoms with E-state index in [-0.39, 0.29) is 0 Å². The Bertz CT molecular complexity index is 288. The van der Waals surface area contributed by atoms with Crippen molar-refractivity contribution in [3.8, 4) is 0 Å². The van der Waals surface area contributed by atoms with Gasteiger partial charge in [0.15, 0.2) is 0 Å². The Morgan fingerprint density at radius 1 is 1.38 bits per heavy atom. The van der Waals surface area contributed by atoms with Crippen LogP contribution < -0.4 is 5.32 Å². The van der Waals surface area contributed by atoms with Crippen LogP contribution in [0.15, 0.2) is 16.8 Å². The quantitative estimate of drug-likeness (QED) is 0.820. The Kier molecular flexibility index (Phi) is 4.42. The lowest BCUT2D eigenvalue weighted by atomic mass is 9.98. The molecule has 0 spiro atoms. The van der Waals surface area contributed by atoms with Gasteiger partial charge in [-0.2, -0.15) is 11.3 Å². The smallest absolute Gasteiger partial charge is 0.00820 e. The van der Waals surface area contributed by atoms with E-state index in [4.69, 9.17) is 0 Å². The average Bonchev–Trinajstić information content (AvgIpc) is 2.88. The van der Waals surface area contributed by atoms with Crippen molar-refractivity contribution >= 4 is 11.3 Å².